The summed E-state index contributed by atoms with van der Waals surface area (Å²) >= 11 is 0. The van der Waals surface area contributed by atoms with Crippen LogP contribution in [0.25, 0.3) is 0 Å². The van der Waals surface area contributed by atoms with Crippen LogP contribution in [0.15, 0.2) is 24.3 Å². The predicted molar refractivity (Wildman–Crippen MR) is 73.4 cm³/mol. The van der Waals surface area contributed by atoms with Gasteiger partial charge in [0.1, 0.15) is 0 Å². The van der Waals surface area contributed by atoms with Gasteiger partial charge < -0.3 is 9.80 Å². The summed E-state index contributed by atoms with van der Waals surface area (Å²) in [5.41, 5.74) is 1.32. The zero-order valence-electron chi connectivity index (χ0n) is 11.5. The molecule has 0 bridgehead atoms. The quantitative estimate of drug-likeness (QED) is 0.771. The molecule has 2 rings (SSSR count). The second kappa shape index (κ2) is 6.20. The third kappa shape index (κ3) is 2.80. The Morgan fingerprint density at radius 1 is 1.15 bits per heavy atom. The molecule has 1 fully saturated rings. The summed E-state index contributed by atoms with van der Waals surface area (Å²) in [5, 5.41) is 9.05. The second-order valence-electron chi connectivity index (χ2n) is 4.79. The predicted octanol–water partition coefficient (Wildman–Crippen LogP) is 1.14. The van der Waals surface area contributed by atoms with Crippen molar-refractivity contribution in [1.82, 2.24) is 9.80 Å². The van der Waals surface area contributed by atoms with E-state index in [4.69, 9.17) is 5.26 Å². The van der Waals surface area contributed by atoms with E-state index >= 15 is 0 Å². The molecule has 5 heteroatoms. The number of amides is 2. The molecule has 1 aliphatic rings. The van der Waals surface area contributed by atoms with Crippen LogP contribution in [0.1, 0.15) is 24.5 Å². The summed E-state index contributed by atoms with van der Waals surface area (Å²) in [6, 6.07) is 9.25. The largest absolute Gasteiger partial charge is 0.333 e. The lowest BCUT2D eigenvalue weighted by Crippen LogP contribution is -2.54. The van der Waals surface area contributed by atoms with Gasteiger partial charge in [0.05, 0.1) is 11.6 Å². The molecule has 20 heavy (non-hydrogen) atoms. The number of carbonyl (C=O) groups excluding carboxylic acids is 2. The third-order valence-electron chi connectivity index (χ3n) is 3.39. The van der Waals surface area contributed by atoms with E-state index in [9.17, 15) is 9.59 Å². The number of hydrogen-bond donors (Lipinski definition) is 0. The summed E-state index contributed by atoms with van der Waals surface area (Å²) in [4.78, 5) is 27.1. The van der Waals surface area contributed by atoms with Gasteiger partial charge in [0.25, 0.3) is 0 Å². The van der Waals surface area contributed by atoms with E-state index < -0.39 is 11.8 Å². The smallest absolute Gasteiger partial charge is 0.312 e. The number of carbonyl (C=O) groups is 2. The fraction of sp³-hybridized carbons (Fsp3) is 0.400. The van der Waals surface area contributed by atoms with Crippen LogP contribution in [-0.2, 0) is 16.1 Å². The average Bonchev–Trinajstić information content (AvgIpc) is 2.47. The molecule has 0 saturated carbocycles. The highest BCUT2D eigenvalue weighted by Gasteiger charge is 2.32. The van der Waals surface area contributed by atoms with Gasteiger partial charge in [0.15, 0.2) is 0 Å². The topological polar surface area (TPSA) is 64.4 Å². The Labute approximate surface area is 118 Å². The molecule has 0 N–H and O–H groups in total. The Morgan fingerprint density at radius 3 is 2.50 bits per heavy atom. The number of piperazine rings is 1. The minimum atomic E-state index is -0.475. The van der Waals surface area contributed by atoms with Crippen molar-refractivity contribution < 1.29 is 9.59 Å². The molecule has 0 aromatic heterocycles. The van der Waals surface area contributed by atoms with Crippen LogP contribution in [0.4, 0.5) is 0 Å². The van der Waals surface area contributed by atoms with Crippen molar-refractivity contribution in [2.45, 2.75) is 19.9 Å². The monoisotopic (exact) mass is 271 g/mol. The van der Waals surface area contributed by atoms with E-state index in [0.717, 1.165) is 12.0 Å². The first-order valence-corrected chi connectivity index (χ1v) is 6.73. The van der Waals surface area contributed by atoms with Crippen molar-refractivity contribution in [3.8, 4) is 6.07 Å². The van der Waals surface area contributed by atoms with E-state index in [2.05, 4.69) is 6.07 Å². The van der Waals surface area contributed by atoms with Crippen molar-refractivity contribution in [1.29, 1.82) is 5.26 Å². The van der Waals surface area contributed by atoms with Gasteiger partial charge in [-0.25, -0.2) is 0 Å². The first-order chi connectivity index (χ1) is 9.67. The lowest BCUT2D eigenvalue weighted by Gasteiger charge is -2.33. The average molecular weight is 271 g/mol. The number of rotatable bonds is 4. The Balaban J connectivity index is 2.10. The van der Waals surface area contributed by atoms with Crippen LogP contribution >= 0.6 is 0 Å². The minimum Gasteiger partial charge on any atom is -0.333 e. The first kappa shape index (κ1) is 14.1. The highest BCUT2D eigenvalue weighted by molar-refractivity contribution is 6.35. The Hall–Kier alpha value is -2.35. The van der Waals surface area contributed by atoms with E-state index in [0.29, 0.717) is 31.7 Å². The van der Waals surface area contributed by atoms with E-state index in [1.807, 2.05) is 19.1 Å². The molecule has 1 aromatic rings. The lowest BCUT2D eigenvalue weighted by molar-refractivity contribution is -0.156. The molecule has 1 saturated heterocycles. The summed E-state index contributed by atoms with van der Waals surface area (Å²) < 4.78 is 0. The third-order valence-corrected chi connectivity index (χ3v) is 3.39. The number of benzene rings is 1. The number of nitriles is 1. The first-order valence-electron chi connectivity index (χ1n) is 6.73. The van der Waals surface area contributed by atoms with Gasteiger partial charge in [-0.15, -0.1) is 0 Å². The summed E-state index contributed by atoms with van der Waals surface area (Å²) in [6.45, 7) is 3.99. The van der Waals surface area contributed by atoms with Crippen LogP contribution in [0, 0.1) is 11.3 Å². The molecule has 0 atom stereocenters. The highest BCUT2D eigenvalue weighted by Crippen LogP contribution is 2.14. The molecule has 0 radical (unpaired) electrons. The van der Waals surface area contributed by atoms with Crippen molar-refractivity contribution in [2.75, 3.05) is 19.6 Å². The van der Waals surface area contributed by atoms with Crippen LogP contribution in [0.5, 0.6) is 0 Å². The van der Waals surface area contributed by atoms with Gasteiger partial charge in [0, 0.05) is 26.2 Å². The maximum atomic E-state index is 12.1. The van der Waals surface area contributed by atoms with Gasteiger partial charge >= 0.3 is 11.8 Å². The molecule has 5 nitrogen and oxygen atoms in total. The molecule has 0 aliphatic carbocycles. The van der Waals surface area contributed by atoms with Crippen molar-refractivity contribution in [3.63, 3.8) is 0 Å². The fourth-order valence-corrected chi connectivity index (χ4v) is 2.32. The van der Waals surface area contributed by atoms with Gasteiger partial charge in [0.2, 0.25) is 0 Å². The zero-order chi connectivity index (χ0) is 14.5. The number of nitrogens with zero attached hydrogens (tertiary/aromatic N) is 3. The lowest BCUT2D eigenvalue weighted by atomic mass is 10.1. The molecule has 1 heterocycles. The van der Waals surface area contributed by atoms with Crippen LogP contribution < -0.4 is 0 Å². The Morgan fingerprint density at radius 2 is 1.80 bits per heavy atom. The maximum Gasteiger partial charge on any atom is 0.312 e. The fourth-order valence-electron chi connectivity index (χ4n) is 2.32. The second-order valence-corrected chi connectivity index (χ2v) is 4.79. The Kier molecular flexibility index (Phi) is 4.36. The molecule has 104 valence electrons. The number of hydrogen-bond acceptors (Lipinski definition) is 3. The van der Waals surface area contributed by atoms with Crippen LogP contribution in [0.2, 0.25) is 0 Å². The van der Waals surface area contributed by atoms with Gasteiger partial charge in [-0.2, -0.15) is 5.26 Å². The van der Waals surface area contributed by atoms with Gasteiger partial charge in [-0.1, -0.05) is 25.1 Å². The SMILES string of the molecule is CCCN1CCN(Cc2ccccc2C#N)C(=O)C1=O. The normalized spacial score (nSPS) is 15.4. The summed E-state index contributed by atoms with van der Waals surface area (Å²) in [5.74, 6) is -0.912. The highest BCUT2D eigenvalue weighted by atomic mass is 16.2. The van der Waals surface area contributed by atoms with Crippen molar-refractivity contribution >= 4 is 11.8 Å². The molecule has 0 spiro atoms. The minimum absolute atomic E-state index is 0.314. The van der Waals surface area contributed by atoms with Gasteiger partial charge in [-0.3, -0.25) is 9.59 Å². The molecular formula is C15H17N3O2. The van der Waals surface area contributed by atoms with Crippen molar-refractivity contribution in [3.05, 3.63) is 35.4 Å². The van der Waals surface area contributed by atoms with Crippen molar-refractivity contribution in [2.24, 2.45) is 0 Å². The van der Waals surface area contributed by atoms with Crippen LogP contribution in [-0.4, -0.2) is 41.2 Å². The zero-order valence-corrected chi connectivity index (χ0v) is 11.5. The molecule has 1 aromatic carbocycles. The molecule has 1 aliphatic heterocycles. The van der Waals surface area contributed by atoms with E-state index in [1.165, 1.54) is 4.90 Å². The molecule has 2 amide bonds. The van der Waals surface area contributed by atoms with E-state index in [-0.39, 0.29) is 0 Å². The molecule has 0 unspecified atom stereocenters. The van der Waals surface area contributed by atoms with E-state index in [1.54, 1.807) is 17.0 Å². The summed E-state index contributed by atoms with van der Waals surface area (Å²) in [6.07, 6.45) is 0.844. The van der Waals surface area contributed by atoms with Crippen LogP contribution in [0.3, 0.4) is 0 Å². The molecular weight excluding hydrogens is 254 g/mol. The maximum absolute atomic E-state index is 12.1. The summed E-state index contributed by atoms with van der Waals surface area (Å²) in [7, 11) is 0. The van der Waals surface area contributed by atoms with Gasteiger partial charge in [-0.05, 0) is 18.1 Å². The standard InChI is InChI=1S/C15H17N3O2/c1-2-7-17-8-9-18(15(20)14(17)19)11-13-6-4-3-5-12(13)10-16/h3-6H,2,7-9,11H2,1H3. The Bertz CT molecular complexity index is 562.